The number of hydrogen-bond acceptors (Lipinski definition) is 7. The number of aromatic nitrogens is 3. The molecule has 8 nitrogen and oxygen atoms in total. The molecule has 0 spiro atoms. The normalized spacial score (nSPS) is 13.9. The quantitative estimate of drug-likeness (QED) is 0.412. The number of anilines is 2. The maximum atomic E-state index is 5.84. The average Bonchev–Trinajstić information content (AvgIpc) is 3.33. The van der Waals surface area contributed by atoms with Gasteiger partial charge in [0, 0.05) is 44.1 Å². The summed E-state index contributed by atoms with van der Waals surface area (Å²) in [5.74, 6) is 3.26. The first kappa shape index (κ1) is 21.9. The van der Waals surface area contributed by atoms with E-state index in [1.807, 2.05) is 54.2 Å². The zero-order valence-corrected chi connectivity index (χ0v) is 19.8. The molecular weight excluding hydrogens is 430 g/mol. The molecule has 1 fully saturated rings. The fourth-order valence-corrected chi connectivity index (χ4v) is 4.44. The van der Waals surface area contributed by atoms with E-state index in [9.17, 15) is 0 Å². The van der Waals surface area contributed by atoms with Crippen molar-refractivity contribution in [2.45, 2.75) is 6.92 Å². The van der Waals surface area contributed by atoms with Crippen molar-refractivity contribution in [3.05, 3.63) is 60.9 Å². The molecule has 0 unspecified atom stereocenters. The number of rotatable bonds is 7. The Hall–Kier alpha value is -3.94. The number of fused-ring (bicyclic) bond motifs is 1. The Morgan fingerprint density at radius 3 is 2.38 bits per heavy atom. The smallest absolute Gasteiger partial charge is 0.161 e. The second-order valence-corrected chi connectivity index (χ2v) is 8.05. The number of benzene rings is 2. The van der Waals surface area contributed by atoms with Gasteiger partial charge in [0.25, 0.3) is 0 Å². The van der Waals surface area contributed by atoms with Crippen LogP contribution in [0.1, 0.15) is 6.92 Å². The van der Waals surface area contributed by atoms with Crippen LogP contribution in [0.5, 0.6) is 17.2 Å². The summed E-state index contributed by atoms with van der Waals surface area (Å²) in [6, 6.07) is 16.2. The van der Waals surface area contributed by atoms with Crippen molar-refractivity contribution in [1.29, 1.82) is 0 Å². The van der Waals surface area contributed by atoms with E-state index in [2.05, 4.69) is 28.0 Å². The van der Waals surface area contributed by atoms with E-state index < -0.39 is 0 Å². The van der Waals surface area contributed by atoms with Crippen LogP contribution in [0.15, 0.2) is 60.9 Å². The van der Waals surface area contributed by atoms with Crippen LogP contribution >= 0.6 is 0 Å². The lowest BCUT2D eigenvalue weighted by atomic mass is 10.1. The Bertz CT molecular complexity index is 1280. The highest BCUT2D eigenvalue weighted by atomic mass is 16.5. The predicted octanol–water partition coefficient (Wildman–Crippen LogP) is 4.14. The number of para-hydroxylation sites is 2. The minimum Gasteiger partial charge on any atom is -0.493 e. The van der Waals surface area contributed by atoms with Crippen molar-refractivity contribution in [2.75, 3.05) is 56.8 Å². The predicted molar refractivity (Wildman–Crippen MR) is 134 cm³/mol. The average molecular weight is 460 g/mol. The molecule has 176 valence electrons. The lowest BCUT2D eigenvalue weighted by molar-refractivity contribution is 0.340. The maximum absolute atomic E-state index is 5.84. The number of methoxy groups -OCH3 is 2. The highest BCUT2D eigenvalue weighted by Crippen LogP contribution is 2.34. The molecule has 0 radical (unpaired) electrons. The molecule has 1 saturated heterocycles. The largest absolute Gasteiger partial charge is 0.493 e. The monoisotopic (exact) mass is 459 g/mol. The summed E-state index contributed by atoms with van der Waals surface area (Å²) in [4.78, 5) is 9.43. The SMILES string of the molecule is CCOc1ccccc1N1CCN(c2nccn3nc(-c4ccc(OC)c(OC)c4)cc23)CC1. The highest BCUT2D eigenvalue weighted by Gasteiger charge is 2.23. The van der Waals surface area contributed by atoms with Gasteiger partial charge >= 0.3 is 0 Å². The van der Waals surface area contributed by atoms with Crippen LogP contribution in [-0.2, 0) is 0 Å². The zero-order valence-electron chi connectivity index (χ0n) is 19.8. The van der Waals surface area contributed by atoms with Gasteiger partial charge < -0.3 is 24.0 Å². The lowest BCUT2D eigenvalue weighted by Crippen LogP contribution is -2.47. The van der Waals surface area contributed by atoms with Crippen LogP contribution < -0.4 is 24.0 Å². The van der Waals surface area contributed by atoms with E-state index in [4.69, 9.17) is 24.3 Å². The first-order chi connectivity index (χ1) is 16.7. The van der Waals surface area contributed by atoms with Crippen molar-refractivity contribution < 1.29 is 14.2 Å². The molecular formula is C26H29N5O3. The number of nitrogens with zero attached hydrogens (tertiary/aromatic N) is 5. The minimum atomic E-state index is 0.659. The molecule has 0 aliphatic carbocycles. The van der Waals surface area contributed by atoms with Gasteiger partial charge in [-0.1, -0.05) is 12.1 Å². The van der Waals surface area contributed by atoms with E-state index in [1.54, 1.807) is 14.2 Å². The van der Waals surface area contributed by atoms with Crippen LogP contribution in [0.4, 0.5) is 11.5 Å². The Morgan fingerprint density at radius 1 is 0.853 bits per heavy atom. The van der Waals surface area contributed by atoms with Gasteiger partial charge in [0.1, 0.15) is 11.3 Å². The third-order valence-electron chi connectivity index (χ3n) is 6.13. The molecule has 2 aromatic heterocycles. The molecule has 1 aliphatic rings. The van der Waals surface area contributed by atoms with E-state index >= 15 is 0 Å². The molecule has 0 bridgehead atoms. The molecule has 0 amide bonds. The van der Waals surface area contributed by atoms with E-state index in [0.717, 1.165) is 60.2 Å². The molecule has 4 aromatic rings. The van der Waals surface area contributed by atoms with Gasteiger partial charge in [-0.05, 0) is 43.3 Å². The van der Waals surface area contributed by atoms with Crippen LogP contribution in [0.25, 0.3) is 16.8 Å². The van der Waals surface area contributed by atoms with E-state index in [0.29, 0.717) is 18.1 Å². The minimum absolute atomic E-state index is 0.659. The van der Waals surface area contributed by atoms with Crippen molar-refractivity contribution in [3.63, 3.8) is 0 Å². The summed E-state index contributed by atoms with van der Waals surface area (Å²) < 4.78 is 18.6. The van der Waals surface area contributed by atoms with E-state index in [-0.39, 0.29) is 0 Å². The highest BCUT2D eigenvalue weighted by molar-refractivity contribution is 5.76. The van der Waals surface area contributed by atoms with Gasteiger partial charge in [-0.3, -0.25) is 0 Å². The van der Waals surface area contributed by atoms with Gasteiger partial charge in [-0.15, -0.1) is 0 Å². The molecule has 2 aromatic carbocycles. The Labute approximate surface area is 199 Å². The molecule has 3 heterocycles. The van der Waals surface area contributed by atoms with Crippen molar-refractivity contribution in [2.24, 2.45) is 0 Å². The fraction of sp³-hybridized carbons (Fsp3) is 0.308. The third kappa shape index (κ3) is 4.07. The first-order valence-corrected chi connectivity index (χ1v) is 11.5. The second-order valence-electron chi connectivity index (χ2n) is 8.05. The molecule has 0 N–H and O–H groups in total. The summed E-state index contributed by atoms with van der Waals surface area (Å²) in [6.45, 7) is 6.19. The summed E-state index contributed by atoms with van der Waals surface area (Å²) >= 11 is 0. The van der Waals surface area contributed by atoms with Gasteiger partial charge in [0.15, 0.2) is 17.3 Å². The third-order valence-corrected chi connectivity index (χ3v) is 6.13. The van der Waals surface area contributed by atoms with Crippen molar-refractivity contribution in [1.82, 2.24) is 14.6 Å². The Kier molecular flexibility index (Phi) is 6.12. The molecule has 34 heavy (non-hydrogen) atoms. The van der Waals surface area contributed by atoms with Gasteiger partial charge in [-0.2, -0.15) is 5.10 Å². The van der Waals surface area contributed by atoms with Crippen LogP contribution in [0, 0.1) is 0 Å². The van der Waals surface area contributed by atoms with Crippen molar-refractivity contribution in [3.8, 4) is 28.5 Å². The Balaban J connectivity index is 1.39. The van der Waals surface area contributed by atoms with Gasteiger partial charge in [-0.25, -0.2) is 9.50 Å². The molecule has 5 rings (SSSR count). The molecule has 0 saturated carbocycles. The topological polar surface area (TPSA) is 64.4 Å². The van der Waals surface area contributed by atoms with E-state index in [1.165, 1.54) is 0 Å². The summed E-state index contributed by atoms with van der Waals surface area (Å²) in [5, 5.41) is 4.79. The molecule has 8 heteroatoms. The number of hydrogen-bond donors (Lipinski definition) is 0. The standard InChI is InChI=1S/C26H29N5O3/c1-4-34-23-8-6-5-7-21(23)29-13-15-30(16-14-29)26-22-18-20(28-31(22)12-11-27-26)19-9-10-24(32-2)25(17-19)33-3/h5-12,17-18H,4,13-16H2,1-3H3. The first-order valence-electron chi connectivity index (χ1n) is 11.5. The van der Waals surface area contributed by atoms with Crippen LogP contribution in [-0.4, -0.2) is 61.6 Å². The molecule has 1 aliphatic heterocycles. The summed E-state index contributed by atoms with van der Waals surface area (Å²) in [5.41, 5.74) is 3.95. The van der Waals surface area contributed by atoms with Gasteiger partial charge in [0.05, 0.1) is 32.2 Å². The van der Waals surface area contributed by atoms with Crippen molar-refractivity contribution >= 4 is 17.0 Å². The fourth-order valence-electron chi connectivity index (χ4n) is 4.44. The van der Waals surface area contributed by atoms with Crippen LogP contribution in [0.3, 0.4) is 0 Å². The van der Waals surface area contributed by atoms with Gasteiger partial charge in [0.2, 0.25) is 0 Å². The van der Waals surface area contributed by atoms with Crippen LogP contribution in [0.2, 0.25) is 0 Å². The summed E-state index contributed by atoms with van der Waals surface area (Å²) in [7, 11) is 3.27. The number of piperazine rings is 1. The Morgan fingerprint density at radius 2 is 1.62 bits per heavy atom. The molecule has 0 atom stereocenters. The number of ether oxygens (including phenoxy) is 3. The summed E-state index contributed by atoms with van der Waals surface area (Å²) in [6.07, 6.45) is 3.70. The second kappa shape index (κ2) is 9.51. The maximum Gasteiger partial charge on any atom is 0.161 e. The zero-order chi connectivity index (χ0) is 23.5. The lowest BCUT2D eigenvalue weighted by Gasteiger charge is -2.37.